The van der Waals surface area contributed by atoms with Gasteiger partial charge in [-0.2, -0.15) is 0 Å². The maximum atomic E-state index is 14.1. The molecule has 0 aliphatic carbocycles. The van der Waals surface area contributed by atoms with Crippen LogP contribution in [0.25, 0.3) is 0 Å². The lowest BCUT2D eigenvalue weighted by Gasteiger charge is -2.35. The van der Waals surface area contributed by atoms with E-state index in [-0.39, 0.29) is 49.3 Å². The number of carboxylic acid groups (broad SMARTS) is 1. The molecule has 1 saturated heterocycles. The lowest BCUT2D eigenvalue weighted by Crippen LogP contribution is -2.50. The number of carbonyl (C=O) groups is 4. The van der Waals surface area contributed by atoms with Crippen LogP contribution in [0.1, 0.15) is 57.3 Å². The molecule has 2 heterocycles. The monoisotopic (exact) mass is 613 g/mol. The number of benzene rings is 2. The Morgan fingerprint density at radius 3 is 2.40 bits per heavy atom. The van der Waals surface area contributed by atoms with Crippen molar-refractivity contribution < 1.29 is 33.8 Å². The lowest BCUT2D eigenvalue weighted by molar-refractivity contribution is -0.147. The van der Waals surface area contributed by atoms with Crippen LogP contribution in [0, 0.1) is 11.3 Å². The van der Waals surface area contributed by atoms with Crippen molar-refractivity contribution >= 4 is 41.0 Å². The van der Waals surface area contributed by atoms with Gasteiger partial charge in [-0.15, -0.1) is 0 Å². The number of amides is 3. The zero-order valence-corrected chi connectivity index (χ0v) is 25.9. The van der Waals surface area contributed by atoms with Crippen LogP contribution in [-0.4, -0.2) is 85.0 Å². The second kappa shape index (κ2) is 13.8. The van der Waals surface area contributed by atoms with Gasteiger partial charge in [0.1, 0.15) is 24.9 Å². The summed E-state index contributed by atoms with van der Waals surface area (Å²) in [4.78, 5) is 56.7. The van der Waals surface area contributed by atoms with Crippen molar-refractivity contribution in [3.05, 3.63) is 58.6 Å². The zero-order valence-electron chi connectivity index (χ0n) is 25.2. The molecule has 0 bridgehead atoms. The number of carbonyl (C=O) groups excluding carboxylic acids is 3. The Labute approximate surface area is 257 Å². The highest BCUT2D eigenvalue weighted by Gasteiger charge is 2.34. The van der Waals surface area contributed by atoms with Crippen molar-refractivity contribution in [3.63, 3.8) is 0 Å². The number of hydrogen-bond acceptors (Lipinski definition) is 6. The van der Waals surface area contributed by atoms with Crippen molar-refractivity contribution in [2.24, 2.45) is 11.3 Å². The van der Waals surface area contributed by atoms with Gasteiger partial charge in [-0.05, 0) is 42.5 Å². The number of halogens is 1. The average Bonchev–Trinajstić information content (AvgIpc) is 2.98. The van der Waals surface area contributed by atoms with Crippen molar-refractivity contribution in [1.29, 1.82) is 0 Å². The SMILES string of the molecule is COc1ccccc1C1OCCC(=O)N(CC(=O)N2CCC(C(=O)O)CC2)CC(=O)N(CC(C)(C)C)c2ccc(Cl)cc21. The molecule has 1 fully saturated rings. The minimum Gasteiger partial charge on any atom is -0.496 e. The van der Waals surface area contributed by atoms with E-state index in [0.29, 0.717) is 54.5 Å². The average molecular weight is 614 g/mol. The molecule has 2 aliphatic rings. The number of ether oxygens (including phenoxy) is 2. The first-order valence-corrected chi connectivity index (χ1v) is 14.9. The first kappa shape index (κ1) is 32.3. The number of para-hydroxylation sites is 1. The van der Waals surface area contributed by atoms with Gasteiger partial charge in [0, 0.05) is 41.5 Å². The van der Waals surface area contributed by atoms with Gasteiger partial charge in [0.2, 0.25) is 17.7 Å². The number of rotatable bonds is 6. The van der Waals surface area contributed by atoms with Crippen molar-refractivity contribution in [2.45, 2.75) is 46.1 Å². The summed E-state index contributed by atoms with van der Waals surface area (Å²) < 4.78 is 12.0. The molecule has 4 rings (SSSR count). The van der Waals surface area contributed by atoms with Crippen LogP contribution >= 0.6 is 11.6 Å². The topological polar surface area (TPSA) is 117 Å². The number of methoxy groups -OCH3 is 1. The van der Waals surface area contributed by atoms with Gasteiger partial charge < -0.3 is 29.3 Å². The number of hydrogen-bond donors (Lipinski definition) is 1. The molecule has 1 atom stereocenters. The van der Waals surface area contributed by atoms with E-state index >= 15 is 0 Å². The van der Waals surface area contributed by atoms with Gasteiger partial charge in [-0.1, -0.05) is 50.6 Å². The summed E-state index contributed by atoms with van der Waals surface area (Å²) in [5.74, 6) is -1.82. The highest BCUT2D eigenvalue weighted by Crippen LogP contribution is 2.40. The summed E-state index contributed by atoms with van der Waals surface area (Å²) in [6.45, 7) is 6.41. The fourth-order valence-electron chi connectivity index (χ4n) is 5.54. The summed E-state index contributed by atoms with van der Waals surface area (Å²) in [6.07, 6.45) is -0.0466. The molecular formula is C32H40ClN3O7. The summed E-state index contributed by atoms with van der Waals surface area (Å²) in [7, 11) is 1.57. The van der Waals surface area contributed by atoms with Crippen LogP contribution in [0.15, 0.2) is 42.5 Å². The third kappa shape index (κ3) is 8.06. The third-order valence-corrected chi connectivity index (χ3v) is 7.96. The first-order valence-electron chi connectivity index (χ1n) is 14.5. The Morgan fingerprint density at radius 1 is 1.05 bits per heavy atom. The molecule has 232 valence electrons. The molecule has 1 N–H and O–H groups in total. The molecule has 11 heteroatoms. The molecule has 0 spiro atoms. The van der Waals surface area contributed by atoms with Crippen LogP contribution < -0.4 is 9.64 Å². The molecular weight excluding hydrogens is 574 g/mol. The maximum absolute atomic E-state index is 14.1. The van der Waals surface area contributed by atoms with Crippen LogP contribution in [-0.2, 0) is 23.9 Å². The third-order valence-electron chi connectivity index (χ3n) is 7.72. The quantitative estimate of drug-likeness (QED) is 0.514. The van der Waals surface area contributed by atoms with Gasteiger partial charge in [0.05, 0.1) is 26.1 Å². The molecule has 0 radical (unpaired) electrons. The van der Waals surface area contributed by atoms with E-state index in [1.54, 1.807) is 35.1 Å². The second-order valence-corrected chi connectivity index (χ2v) is 12.7. The standard InChI is InChI=1S/C32H40ClN3O7/c1-32(2,3)20-36-25-10-9-22(33)17-24(25)30(23-7-5-6-8-26(23)42-4)43-16-13-27(37)35(19-29(36)39)18-28(38)34-14-11-21(12-15-34)31(40)41/h5-10,17,21,30H,11-16,18-20H2,1-4H3,(H,40,41). The molecule has 1 unspecified atom stereocenters. The Hall–Kier alpha value is -3.63. The van der Waals surface area contributed by atoms with Crippen molar-refractivity contribution in [2.75, 3.05) is 51.3 Å². The predicted octanol–water partition coefficient (Wildman–Crippen LogP) is 4.39. The predicted molar refractivity (Wildman–Crippen MR) is 162 cm³/mol. The van der Waals surface area contributed by atoms with Crippen LogP contribution in [0.5, 0.6) is 5.75 Å². The number of likely N-dealkylation sites (tertiary alicyclic amines) is 1. The minimum atomic E-state index is -0.869. The first-order chi connectivity index (χ1) is 20.4. The maximum Gasteiger partial charge on any atom is 0.306 e. The summed E-state index contributed by atoms with van der Waals surface area (Å²) in [5, 5.41) is 9.77. The Balaban J connectivity index is 1.71. The zero-order chi connectivity index (χ0) is 31.3. The number of nitrogens with zero attached hydrogens (tertiary/aromatic N) is 3. The largest absolute Gasteiger partial charge is 0.496 e. The van der Waals surface area contributed by atoms with Gasteiger partial charge in [-0.25, -0.2) is 0 Å². The highest BCUT2D eigenvalue weighted by molar-refractivity contribution is 6.30. The van der Waals surface area contributed by atoms with Crippen molar-refractivity contribution in [1.82, 2.24) is 9.80 Å². The van der Waals surface area contributed by atoms with Gasteiger partial charge >= 0.3 is 5.97 Å². The van der Waals surface area contributed by atoms with Crippen LogP contribution in [0.4, 0.5) is 5.69 Å². The van der Waals surface area contributed by atoms with Crippen molar-refractivity contribution in [3.8, 4) is 5.75 Å². The molecule has 2 aliphatic heterocycles. The lowest BCUT2D eigenvalue weighted by atomic mass is 9.93. The van der Waals surface area contributed by atoms with E-state index in [9.17, 15) is 24.3 Å². The number of anilines is 1. The number of fused-ring (bicyclic) bond motifs is 1. The molecule has 0 aromatic heterocycles. The summed E-state index contributed by atoms with van der Waals surface area (Å²) >= 11 is 6.50. The Morgan fingerprint density at radius 2 is 1.74 bits per heavy atom. The molecule has 2 aromatic carbocycles. The van der Waals surface area contributed by atoms with Gasteiger partial charge in [-0.3, -0.25) is 19.2 Å². The molecule has 2 aromatic rings. The second-order valence-electron chi connectivity index (χ2n) is 12.2. The summed E-state index contributed by atoms with van der Waals surface area (Å²) in [5.41, 5.74) is 1.66. The van der Waals surface area contributed by atoms with E-state index in [2.05, 4.69) is 0 Å². The smallest absolute Gasteiger partial charge is 0.306 e. The normalized spacial score (nSPS) is 19.1. The fourth-order valence-corrected chi connectivity index (χ4v) is 5.72. The Bertz CT molecular complexity index is 1350. The van der Waals surface area contributed by atoms with E-state index in [4.69, 9.17) is 21.1 Å². The molecule has 43 heavy (non-hydrogen) atoms. The fraction of sp³-hybridized carbons (Fsp3) is 0.500. The number of aliphatic carboxylic acids is 1. The minimum absolute atomic E-state index is 0.0235. The van der Waals surface area contributed by atoms with E-state index in [1.165, 1.54) is 4.90 Å². The van der Waals surface area contributed by atoms with Crippen LogP contribution in [0.3, 0.4) is 0 Å². The van der Waals surface area contributed by atoms with E-state index in [0.717, 1.165) is 5.56 Å². The number of carboxylic acids is 1. The molecule has 3 amide bonds. The summed E-state index contributed by atoms with van der Waals surface area (Å²) in [6, 6.07) is 12.7. The number of piperidine rings is 1. The van der Waals surface area contributed by atoms with Gasteiger partial charge in [0.15, 0.2) is 0 Å². The van der Waals surface area contributed by atoms with E-state index < -0.39 is 18.0 Å². The van der Waals surface area contributed by atoms with Gasteiger partial charge in [0.25, 0.3) is 0 Å². The highest BCUT2D eigenvalue weighted by atomic mass is 35.5. The Kier molecular flexibility index (Phi) is 10.3. The van der Waals surface area contributed by atoms with Crippen LogP contribution in [0.2, 0.25) is 5.02 Å². The molecule has 0 saturated carbocycles. The van der Waals surface area contributed by atoms with E-state index in [1.807, 2.05) is 45.0 Å². The molecule has 10 nitrogen and oxygen atoms in total.